The summed E-state index contributed by atoms with van der Waals surface area (Å²) in [7, 11) is 0. The van der Waals surface area contributed by atoms with Gasteiger partial charge < -0.3 is 20.7 Å². The quantitative estimate of drug-likeness (QED) is 0.235. The highest BCUT2D eigenvalue weighted by Gasteiger charge is 2.29. The van der Waals surface area contributed by atoms with Crippen molar-refractivity contribution in [3.8, 4) is 5.75 Å². The minimum absolute atomic E-state index is 0.119. The summed E-state index contributed by atoms with van der Waals surface area (Å²) >= 11 is 1.62. The van der Waals surface area contributed by atoms with Crippen LogP contribution in [0.3, 0.4) is 0 Å². The van der Waals surface area contributed by atoms with Crippen LogP contribution in [-0.4, -0.2) is 43.0 Å². The Hall–Kier alpha value is -2.87. The minimum atomic E-state index is -0.710. The molecular formula is C31H47N3O4S. The zero-order valence-electron chi connectivity index (χ0n) is 24.4. The number of hydrogen-bond acceptors (Lipinski definition) is 5. The lowest BCUT2D eigenvalue weighted by Crippen LogP contribution is -2.56. The van der Waals surface area contributed by atoms with E-state index < -0.39 is 12.1 Å². The van der Waals surface area contributed by atoms with Crippen molar-refractivity contribution in [3.05, 3.63) is 52.2 Å². The molecule has 0 fully saturated rings. The van der Waals surface area contributed by atoms with E-state index in [2.05, 4.69) is 35.9 Å². The largest absolute Gasteiger partial charge is 0.493 e. The maximum absolute atomic E-state index is 13.2. The van der Waals surface area contributed by atoms with Crippen molar-refractivity contribution in [3.63, 3.8) is 0 Å². The van der Waals surface area contributed by atoms with Gasteiger partial charge in [-0.2, -0.15) is 0 Å². The van der Waals surface area contributed by atoms with Gasteiger partial charge in [-0.25, -0.2) is 0 Å². The van der Waals surface area contributed by atoms with Gasteiger partial charge >= 0.3 is 0 Å². The Morgan fingerprint density at radius 1 is 0.923 bits per heavy atom. The maximum atomic E-state index is 13.2. The van der Waals surface area contributed by atoms with E-state index in [0.29, 0.717) is 31.9 Å². The molecule has 39 heavy (non-hydrogen) atoms. The molecule has 216 valence electrons. The second-order valence-electron chi connectivity index (χ2n) is 11.0. The smallest absolute Gasteiger partial charge is 0.243 e. The van der Waals surface area contributed by atoms with Crippen molar-refractivity contribution in [1.82, 2.24) is 16.0 Å². The zero-order valence-corrected chi connectivity index (χ0v) is 25.2. The molecule has 2 aromatic rings. The van der Waals surface area contributed by atoms with Gasteiger partial charge in [0.2, 0.25) is 17.7 Å². The van der Waals surface area contributed by atoms with E-state index in [-0.39, 0.29) is 29.6 Å². The van der Waals surface area contributed by atoms with Crippen molar-refractivity contribution in [2.75, 3.05) is 13.2 Å². The molecule has 3 atom stereocenters. The number of nitrogens with one attached hydrogen (secondary N) is 3. The van der Waals surface area contributed by atoms with Crippen LogP contribution < -0.4 is 20.7 Å². The second kappa shape index (κ2) is 17.0. The highest BCUT2D eigenvalue weighted by molar-refractivity contribution is 7.09. The lowest BCUT2D eigenvalue weighted by atomic mass is 9.99. The van der Waals surface area contributed by atoms with Crippen LogP contribution in [0.4, 0.5) is 0 Å². The Balaban J connectivity index is 1.89. The van der Waals surface area contributed by atoms with Crippen LogP contribution >= 0.6 is 11.3 Å². The molecule has 3 amide bonds. The fraction of sp³-hybridized carbons (Fsp3) is 0.581. The molecule has 0 spiro atoms. The number of carbonyl (C=O) groups is 3. The summed E-state index contributed by atoms with van der Waals surface area (Å²) in [6, 6.07) is 10.6. The highest BCUT2D eigenvalue weighted by atomic mass is 32.1. The number of hydrogen-bond donors (Lipinski definition) is 3. The summed E-state index contributed by atoms with van der Waals surface area (Å²) in [5, 5.41) is 10.8. The summed E-state index contributed by atoms with van der Waals surface area (Å²) in [5.41, 5.74) is 1.12. The Kier molecular flexibility index (Phi) is 14.1. The van der Waals surface area contributed by atoms with Crippen LogP contribution in [0.2, 0.25) is 0 Å². The SMILES string of the molecule is CCC[C@H](NC(=O)[C@H](NC(=O)[C@H](C)Cc1cccs1)C(C)C)C(=O)NCCCc1ccccc1OCC(C)C. The van der Waals surface area contributed by atoms with Crippen molar-refractivity contribution in [2.45, 2.75) is 85.7 Å². The number of ether oxygens (including phenoxy) is 1. The van der Waals surface area contributed by atoms with Crippen LogP contribution in [0.15, 0.2) is 41.8 Å². The number of rotatable bonds is 17. The Bertz CT molecular complexity index is 1020. The third-order valence-electron chi connectivity index (χ3n) is 6.46. The van der Waals surface area contributed by atoms with E-state index in [1.54, 1.807) is 11.3 Å². The van der Waals surface area contributed by atoms with Gasteiger partial charge in [0, 0.05) is 17.3 Å². The number of benzene rings is 1. The molecule has 7 nitrogen and oxygen atoms in total. The fourth-order valence-electron chi connectivity index (χ4n) is 4.19. The Morgan fingerprint density at radius 3 is 2.31 bits per heavy atom. The van der Waals surface area contributed by atoms with Gasteiger partial charge in [0.25, 0.3) is 0 Å². The van der Waals surface area contributed by atoms with E-state index >= 15 is 0 Å². The van der Waals surface area contributed by atoms with Crippen LogP contribution in [0, 0.1) is 17.8 Å². The molecule has 1 aromatic carbocycles. The third kappa shape index (κ3) is 11.4. The molecule has 8 heteroatoms. The number of carbonyl (C=O) groups excluding carboxylic acids is 3. The molecule has 0 unspecified atom stereocenters. The predicted octanol–water partition coefficient (Wildman–Crippen LogP) is 5.14. The van der Waals surface area contributed by atoms with Crippen molar-refractivity contribution >= 4 is 29.1 Å². The van der Waals surface area contributed by atoms with Gasteiger partial charge in [-0.15, -0.1) is 11.3 Å². The standard InChI is InChI=1S/C31H47N3O4S/c1-7-12-26(30(36)32-17-10-14-24-13-8-9-16-27(24)38-20-21(2)3)33-31(37)28(22(4)5)34-29(35)23(6)19-25-15-11-18-39-25/h8-9,11,13,15-16,18,21-23,26,28H,7,10,12,14,17,19-20H2,1-6H3,(H,32,36)(H,33,37)(H,34,35)/t23-,26+,28-/m1/s1. The topological polar surface area (TPSA) is 96.5 Å². The molecule has 0 saturated heterocycles. The molecule has 0 aliphatic heterocycles. The first-order chi connectivity index (χ1) is 18.6. The first-order valence-corrected chi connectivity index (χ1v) is 15.1. The predicted molar refractivity (Wildman–Crippen MR) is 159 cm³/mol. The van der Waals surface area contributed by atoms with E-state index in [0.717, 1.165) is 35.5 Å². The molecule has 3 N–H and O–H groups in total. The second-order valence-corrected chi connectivity index (χ2v) is 12.0. The van der Waals surface area contributed by atoms with Crippen LogP contribution in [0.25, 0.3) is 0 Å². The van der Waals surface area contributed by atoms with Crippen LogP contribution in [0.5, 0.6) is 5.75 Å². The Labute approximate surface area is 238 Å². The molecule has 0 bridgehead atoms. The number of aryl methyl sites for hydroxylation is 1. The van der Waals surface area contributed by atoms with E-state index in [9.17, 15) is 14.4 Å². The molecule has 0 radical (unpaired) electrons. The highest BCUT2D eigenvalue weighted by Crippen LogP contribution is 2.20. The minimum Gasteiger partial charge on any atom is -0.493 e. The van der Waals surface area contributed by atoms with Gasteiger partial charge in [-0.1, -0.05) is 72.2 Å². The lowest BCUT2D eigenvalue weighted by molar-refractivity contribution is -0.134. The van der Waals surface area contributed by atoms with Gasteiger partial charge in [0.1, 0.15) is 17.8 Å². The third-order valence-corrected chi connectivity index (χ3v) is 7.36. The van der Waals surface area contributed by atoms with Gasteiger partial charge in [-0.3, -0.25) is 14.4 Å². The van der Waals surface area contributed by atoms with Crippen LogP contribution in [0.1, 0.15) is 71.2 Å². The molecule has 0 saturated carbocycles. The van der Waals surface area contributed by atoms with Crippen molar-refractivity contribution in [1.29, 1.82) is 0 Å². The van der Waals surface area contributed by atoms with Crippen molar-refractivity contribution in [2.24, 2.45) is 17.8 Å². The maximum Gasteiger partial charge on any atom is 0.243 e. The summed E-state index contributed by atoms with van der Waals surface area (Å²) in [6.45, 7) is 13.0. The molecule has 1 aromatic heterocycles. The molecule has 1 heterocycles. The molecule has 0 aliphatic carbocycles. The number of thiophene rings is 1. The van der Waals surface area contributed by atoms with E-state index in [1.165, 1.54) is 0 Å². The van der Waals surface area contributed by atoms with Crippen molar-refractivity contribution < 1.29 is 19.1 Å². The van der Waals surface area contributed by atoms with Gasteiger partial charge in [0.15, 0.2) is 0 Å². The lowest BCUT2D eigenvalue weighted by Gasteiger charge is -2.26. The number of para-hydroxylation sites is 1. The summed E-state index contributed by atoms with van der Waals surface area (Å²) in [4.78, 5) is 40.2. The van der Waals surface area contributed by atoms with E-state index in [4.69, 9.17) is 4.74 Å². The normalized spacial score (nSPS) is 13.5. The van der Waals surface area contributed by atoms with Crippen LogP contribution in [-0.2, 0) is 27.2 Å². The first-order valence-electron chi connectivity index (χ1n) is 14.2. The van der Waals surface area contributed by atoms with E-state index in [1.807, 2.05) is 63.4 Å². The molecule has 0 aliphatic rings. The Morgan fingerprint density at radius 2 is 1.67 bits per heavy atom. The number of amides is 3. The molecule has 2 rings (SSSR count). The average molecular weight is 558 g/mol. The zero-order chi connectivity index (χ0) is 28.8. The summed E-state index contributed by atoms with van der Waals surface area (Å²) in [5.74, 6) is 0.272. The fourth-order valence-corrected chi connectivity index (χ4v) is 5.03. The van der Waals surface area contributed by atoms with Gasteiger partial charge in [0.05, 0.1) is 6.61 Å². The summed E-state index contributed by atoms with van der Waals surface area (Å²) < 4.78 is 5.94. The monoisotopic (exact) mass is 557 g/mol. The summed E-state index contributed by atoms with van der Waals surface area (Å²) in [6.07, 6.45) is 3.44. The average Bonchev–Trinajstić information content (AvgIpc) is 3.41. The molecular weight excluding hydrogens is 510 g/mol. The first kappa shape index (κ1) is 32.3. The van der Waals surface area contributed by atoms with Gasteiger partial charge in [-0.05, 0) is 60.6 Å².